The van der Waals surface area contributed by atoms with Crippen LogP contribution in [0.25, 0.3) is 0 Å². The van der Waals surface area contributed by atoms with Gasteiger partial charge in [-0.3, -0.25) is 4.79 Å². The molecule has 2 nitrogen and oxygen atoms in total. The number of hydrogen-bond donors (Lipinski definition) is 1. The van der Waals surface area contributed by atoms with Gasteiger partial charge in [-0.1, -0.05) is 51.2 Å². The van der Waals surface area contributed by atoms with Crippen molar-refractivity contribution in [2.75, 3.05) is 0 Å². The Morgan fingerprint density at radius 1 is 0.900 bits per heavy atom. The summed E-state index contributed by atoms with van der Waals surface area (Å²) in [6.07, 6.45) is 16.9. The minimum absolute atomic E-state index is 0.311. The zero-order chi connectivity index (χ0) is 14.9. The SMILES string of the molecule is CCCC/C=C\CCC#CCCCCCCCC(=O)O. The molecule has 0 aliphatic rings. The lowest BCUT2D eigenvalue weighted by Crippen LogP contribution is -1.93. The molecule has 0 spiro atoms. The maximum absolute atomic E-state index is 10.3. The second-order valence-corrected chi connectivity index (χ2v) is 5.17. The van der Waals surface area contributed by atoms with E-state index < -0.39 is 5.97 Å². The molecule has 0 aliphatic carbocycles. The van der Waals surface area contributed by atoms with E-state index in [0.29, 0.717) is 6.42 Å². The van der Waals surface area contributed by atoms with Gasteiger partial charge < -0.3 is 5.11 Å². The van der Waals surface area contributed by atoms with E-state index in [1.165, 1.54) is 25.7 Å². The number of unbranched alkanes of at least 4 members (excludes halogenated alkanes) is 8. The average Bonchev–Trinajstić information content (AvgIpc) is 2.43. The van der Waals surface area contributed by atoms with E-state index in [2.05, 4.69) is 30.9 Å². The van der Waals surface area contributed by atoms with Gasteiger partial charge in [-0.25, -0.2) is 0 Å². The first kappa shape index (κ1) is 18.8. The Labute approximate surface area is 124 Å². The molecule has 0 radical (unpaired) electrons. The van der Waals surface area contributed by atoms with E-state index in [0.717, 1.165) is 44.9 Å². The van der Waals surface area contributed by atoms with Gasteiger partial charge in [0.25, 0.3) is 0 Å². The van der Waals surface area contributed by atoms with Gasteiger partial charge in [0.15, 0.2) is 0 Å². The summed E-state index contributed by atoms with van der Waals surface area (Å²) in [4.78, 5) is 10.3. The molecule has 0 unspecified atom stereocenters. The Bertz CT molecular complexity index is 307. The number of carbonyl (C=O) groups is 1. The monoisotopic (exact) mass is 278 g/mol. The number of carboxylic acid groups (broad SMARTS) is 1. The lowest BCUT2D eigenvalue weighted by Gasteiger charge is -1.97. The molecule has 20 heavy (non-hydrogen) atoms. The predicted molar refractivity (Wildman–Crippen MR) is 85.6 cm³/mol. The van der Waals surface area contributed by atoms with Crippen LogP contribution in [0.1, 0.15) is 84.0 Å². The third-order valence-corrected chi connectivity index (χ3v) is 3.14. The van der Waals surface area contributed by atoms with Crippen molar-refractivity contribution < 1.29 is 9.90 Å². The first-order valence-corrected chi connectivity index (χ1v) is 8.10. The first-order chi connectivity index (χ1) is 9.77. The van der Waals surface area contributed by atoms with Crippen molar-refractivity contribution in [1.82, 2.24) is 0 Å². The van der Waals surface area contributed by atoms with E-state index in [9.17, 15) is 4.79 Å². The van der Waals surface area contributed by atoms with Crippen molar-refractivity contribution in [1.29, 1.82) is 0 Å². The van der Waals surface area contributed by atoms with Crippen molar-refractivity contribution >= 4 is 5.97 Å². The van der Waals surface area contributed by atoms with Gasteiger partial charge in [0.2, 0.25) is 0 Å². The Kier molecular flexibility index (Phi) is 14.9. The minimum Gasteiger partial charge on any atom is -0.481 e. The molecule has 1 N–H and O–H groups in total. The van der Waals surface area contributed by atoms with Crippen molar-refractivity contribution in [2.24, 2.45) is 0 Å². The molecule has 0 saturated heterocycles. The van der Waals surface area contributed by atoms with E-state index >= 15 is 0 Å². The fraction of sp³-hybridized carbons (Fsp3) is 0.722. The molecule has 0 rings (SSSR count). The number of hydrogen-bond acceptors (Lipinski definition) is 1. The molecule has 0 aliphatic heterocycles. The molecule has 0 aromatic rings. The van der Waals surface area contributed by atoms with Crippen LogP contribution >= 0.6 is 0 Å². The highest BCUT2D eigenvalue weighted by molar-refractivity contribution is 5.66. The third-order valence-electron chi connectivity index (χ3n) is 3.14. The molecule has 114 valence electrons. The molecule has 0 fully saturated rings. The summed E-state index contributed by atoms with van der Waals surface area (Å²) in [7, 11) is 0. The van der Waals surface area contributed by atoms with Crippen LogP contribution in [-0.4, -0.2) is 11.1 Å². The maximum Gasteiger partial charge on any atom is 0.303 e. The Morgan fingerprint density at radius 3 is 2.30 bits per heavy atom. The van der Waals surface area contributed by atoms with Crippen LogP contribution in [0.4, 0.5) is 0 Å². The average molecular weight is 278 g/mol. The molecular formula is C18H30O2. The second kappa shape index (κ2) is 15.8. The van der Waals surface area contributed by atoms with Crippen LogP contribution < -0.4 is 0 Å². The van der Waals surface area contributed by atoms with Gasteiger partial charge in [0.05, 0.1) is 0 Å². The fourth-order valence-corrected chi connectivity index (χ4v) is 1.91. The van der Waals surface area contributed by atoms with Crippen LogP contribution in [0.15, 0.2) is 12.2 Å². The maximum atomic E-state index is 10.3. The van der Waals surface area contributed by atoms with E-state index in [-0.39, 0.29) is 0 Å². The smallest absolute Gasteiger partial charge is 0.303 e. The second-order valence-electron chi connectivity index (χ2n) is 5.17. The van der Waals surface area contributed by atoms with Crippen molar-refractivity contribution in [3.05, 3.63) is 12.2 Å². The lowest BCUT2D eigenvalue weighted by atomic mass is 10.1. The van der Waals surface area contributed by atoms with E-state index in [1.54, 1.807) is 0 Å². The van der Waals surface area contributed by atoms with Crippen LogP contribution in [0, 0.1) is 11.8 Å². The summed E-state index contributed by atoms with van der Waals surface area (Å²) in [5.74, 6) is 5.75. The highest BCUT2D eigenvalue weighted by Crippen LogP contribution is 2.06. The standard InChI is InChI=1S/C18H30O2/c1-2-3-4-5-6-7-8-9-10-11-12-13-14-15-16-17-18(19)20/h5-6H,2-4,7-8,11-17H2,1H3,(H,19,20)/b6-5-. The molecule has 0 bridgehead atoms. The van der Waals surface area contributed by atoms with Gasteiger partial charge in [-0.05, 0) is 25.7 Å². The van der Waals surface area contributed by atoms with Gasteiger partial charge in [-0.15, -0.1) is 11.8 Å². The Morgan fingerprint density at radius 2 is 1.55 bits per heavy atom. The Hall–Kier alpha value is -1.23. The summed E-state index contributed by atoms with van der Waals surface area (Å²) in [6.45, 7) is 2.21. The largest absolute Gasteiger partial charge is 0.481 e. The van der Waals surface area contributed by atoms with Gasteiger partial charge in [0.1, 0.15) is 0 Å². The summed E-state index contributed by atoms with van der Waals surface area (Å²) in [5.41, 5.74) is 0. The quantitative estimate of drug-likeness (QED) is 0.297. The van der Waals surface area contributed by atoms with Crippen LogP contribution in [0.3, 0.4) is 0 Å². The highest BCUT2D eigenvalue weighted by Gasteiger charge is 1.95. The van der Waals surface area contributed by atoms with Gasteiger partial charge in [0, 0.05) is 19.3 Å². The van der Waals surface area contributed by atoms with Crippen molar-refractivity contribution in [3.63, 3.8) is 0 Å². The number of carboxylic acids is 1. The summed E-state index contributed by atoms with van der Waals surface area (Å²) >= 11 is 0. The molecule has 0 saturated carbocycles. The zero-order valence-corrected chi connectivity index (χ0v) is 13.0. The number of allylic oxidation sites excluding steroid dienone is 2. The normalized spacial score (nSPS) is 10.4. The van der Waals surface area contributed by atoms with Crippen LogP contribution in [0.5, 0.6) is 0 Å². The van der Waals surface area contributed by atoms with E-state index in [1.807, 2.05) is 0 Å². The topological polar surface area (TPSA) is 37.3 Å². The molecule has 2 heteroatoms. The Balaban J connectivity index is 3.21. The van der Waals surface area contributed by atoms with Crippen LogP contribution in [0.2, 0.25) is 0 Å². The van der Waals surface area contributed by atoms with Crippen molar-refractivity contribution in [3.8, 4) is 11.8 Å². The van der Waals surface area contributed by atoms with E-state index in [4.69, 9.17) is 5.11 Å². The number of aliphatic carboxylic acids is 1. The zero-order valence-electron chi connectivity index (χ0n) is 13.0. The van der Waals surface area contributed by atoms with Gasteiger partial charge >= 0.3 is 5.97 Å². The minimum atomic E-state index is -0.681. The molecule has 0 aromatic carbocycles. The third kappa shape index (κ3) is 16.8. The summed E-state index contributed by atoms with van der Waals surface area (Å²) in [5, 5.41) is 8.49. The number of rotatable bonds is 12. The lowest BCUT2D eigenvalue weighted by molar-refractivity contribution is -0.137. The highest BCUT2D eigenvalue weighted by atomic mass is 16.4. The van der Waals surface area contributed by atoms with Crippen molar-refractivity contribution in [2.45, 2.75) is 84.0 Å². The van der Waals surface area contributed by atoms with Crippen LogP contribution in [-0.2, 0) is 4.79 Å². The fourth-order valence-electron chi connectivity index (χ4n) is 1.91. The van der Waals surface area contributed by atoms with Gasteiger partial charge in [-0.2, -0.15) is 0 Å². The first-order valence-electron chi connectivity index (χ1n) is 8.10. The molecular weight excluding hydrogens is 248 g/mol. The predicted octanol–water partition coefficient (Wildman–Crippen LogP) is 5.33. The molecule has 0 heterocycles. The molecule has 0 aromatic heterocycles. The summed E-state index contributed by atoms with van der Waals surface area (Å²) in [6, 6.07) is 0. The molecule has 0 atom stereocenters. The molecule has 0 amide bonds. The summed E-state index contributed by atoms with van der Waals surface area (Å²) < 4.78 is 0.